The Balaban J connectivity index is 1.95. The average Bonchev–Trinajstić information content (AvgIpc) is 3.01. The van der Waals surface area contributed by atoms with Crippen LogP contribution in [0.1, 0.15) is 23.0 Å². The molecule has 0 atom stereocenters. The fourth-order valence-electron chi connectivity index (χ4n) is 1.75. The second kappa shape index (κ2) is 7.28. The first-order chi connectivity index (χ1) is 10.2. The molecule has 0 saturated heterocycles. The molecule has 7 heteroatoms. The Morgan fingerprint density at radius 1 is 1.33 bits per heavy atom. The van der Waals surface area contributed by atoms with E-state index in [9.17, 15) is 4.79 Å². The average molecular weight is 291 g/mol. The van der Waals surface area contributed by atoms with Crippen LogP contribution in [0, 0.1) is 0 Å². The van der Waals surface area contributed by atoms with Gasteiger partial charge in [0.05, 0.1) is 37.8 Å². The van der Waals surface area contributed by atoms with E-state index >= 15 is 0 Å². The summed E-state index contributed by atoms with van der Waals surface area (Å²) in [6.45, 7) is 2.64. The van der Waals surface area contributed by atoms with Crippen LogP contribution in [0.4, 0.5) is 0 Å². The van der Waals surface area contributed by atoms with Crippen LogP contribution >= 0.6 is 0 Å². The summed E-state index contributed by atoms with van der Waals surface area (Å²) in [5.41, 5.74) is 1.16. The molecule has 1 aromatic carbocycles. The molecule has 0 saturated carbocycles. The lowest BCUT2D eigenvalue weighted by atomic mass is 10.2. The Morgan fingerprint density at radius 3 is 2.86 bits per heavy atom. The van der Waals surface area contributed by atoms with E-state index in [0.29, 0.717) is 30.1 Å². The van der Waals surface area contributed by atoms with Crippen LogP contribution in [0.15, 0.2) is 24.4 Å². The van der Waals surface area contributed by atoms with Crippen molar-refractivity contribution >= 4 is 5.97 Å². The van der Waals surface area contributed by atoms with E-state index in [1.807, 2.05) is 6.92 Å². The number of aromatic nitrogens is 3. The van der Waals surface area contributed by atoms with Gasteiger partial charge in [0.2, 0.25) is 0 Å². The first-order valence-corrected chi connectivity index (χ1v) is 6.57. The van der Waals surface area contributed by atoms with Crippen LogP contribution in [-0.2, 0) is 11.2 Å². The summed E-state index contributed by atoms with van der Waals surface area (Å²) in [6, 6.07) is 4.94. The highest BCUT2D eigenvalue weighted by Crippen LogP contribution is 2.28. The van der Waals surface area contributed by atoms with Gasteiger partial charge in [0.1, 0.15) is 0 Å². The number of ether oxygens (including phenoxy) is 3. The first kappa shape index (κ1) is 14.8. The van der Waals surface area contributed by atoms with Crippen molar-refractivity contribution in [1.29, 1.82) is 0 Å². The minimum Gasteiger partial charge on any atom is -0.493 e. The van der Waals surface area contributed by atoms with E-state index in [1.165, 1.54) is 7.11 Å². The molecule has 1 N–H and O–H groups in total. The minimum absolute atomic E-state index is 0.237. The van der Waals surface area contributed by atoms with Gasteiger partial charge in [-0.15, -0.1) is 0 Å². The Morgan fingerprint density at radius 2 is 2.19 bits per heavy atom. The number of carbonyl (C=O) groups is 1. The Hall–Kier alpha value is -2.57. The van der Waals surface area contributed by atoms with Crippen LogP contribution in [0.3, 0.4) is 0 Å². The van der Waals surface area contributed by atoms with Crippen LogP contribution in [0.25, 0.3) is 0 Å². The Labute approximate surface area is 122 Å². The number of hydrogen-bond acceptors (Lipinski definition) is 6. The second-order valence-corrected chi connectivity index (χ2v) is 4.15. The Kier molecular flexibility index (Phi) is 5.14. The standard InChI is InChI=1S/C14H17N3O4/c1-3-20-12-5-4-10(8-13(12)19-2)14(18)21-7-6-11-9-15-17-16-11/h4-5,8-9H,3,6-7H2,1-2H3,(H,15,16,17). The number of rotatable bonds is 7. The van der Waals surface area contributed by atoms with Gasteiger partial charge in [0.25, 0.3) is 0 Å². The fraction of sp³-hybridized carbons (Fsp3) is 0.357. The van der Waals surface area contributed by atoms with Gasteiger partial charge in [-0.25, -0.2) is 4.79 Å². The molecule has 2 aromatic rings. The summed E-state index contributed by atoms with van der Waals surface area (Å²) in [5.74, 6) is 0.682. The van der Waals surface area contributed by atoms with Gasteiger partial charge < -0.3 is 14.2 Å². The van der Waals surface area contributed by atoms with Gasteiger partial charge in [-0.2, -0.15) is 15.4 Å². The van der Waals surface area contributed by atoms with E-state index < -0.39 is 5.97 Å². The molecule has 0 aliphatic rings. The van der Waals surface area contributed by atoms with Crippen LogP contribution in [-0.4, -0.2) is 41.7 Å². The summed E-state index contributed by atoms with van der Waals surface area (Å²) in [6.07, 6.45) is 2.10. The molecule has 0 aliphatic carbocycles. The normalized spacial score (nSPS) is 10.2. The molecule has 0 spiro atoms. The van der Waals surface area contributed by atoms with Gasteiger partial charge in [0.15, 0.2) is 11.5 Å². The third-order valence-corrected chi connectivity index (χ3v) is 2.76. The predicted molar refractivity (Wildman–Crippen MR) is 74.5 cm³/mol. The fourth-order valence-corrected chi connectivity index (χ4v) is 1.75. The van der Waals surface area contributed by atoms with Crippen molar-refractivity contribution in [1.82, 2.24) is 15.4 Å². The zero-order valence-electron chi connectivity index (χ0n) is 12.0. The van der Waals surface area contributed by atoms with Crippen molar-refractivity contribution in [2.75, 3.05) is 20.3 Å². The van der Waals surface area contributed by atoms with E-state index in [0.717, 1.165) is 5.69 Å². The Bertz CT molecular complexity index is 584. The third kappa shape index (κ3) is 3.95. The summed E-state index contributed by atoms with van der Waals surface area (Å²) in [5, 5.41) is 10.1. The van der Waals surface area contributed by atoms with E-state index in [2.05, 4.69) is 15.4 Å². The lowest BCUT2D eigenvalue weighted by molar-refractivity contribution is 0.0508. The zero-order chi connectivity index (χ0) is 15.1. The third-order valence-electron chi connectivity index (χ3n) is 2.76. The van der Waals surface area contributed by atoms with Crippen LogP contribution in [0.2, 0.25) is 0 Å². The molecule has 0 amide bonds. The van der Waals surface area contributed by atoms with Crippen molar-refractivity contribution in [3.63, 3.8) is 0 Å². The number of H-pyrrole nitrogens is 1. The largest absolute Gasteiger partial charge is 0.493 e. The smallest absolute Gasteiger partial charge is 0.338 e. The van der Waals surface area contributed by atoms with E-state index in [1.54, 1.807) is 24.4 Å². The molecule has 0 bridgehead atoms. The maximum Gasteiger partial charge on any atom is 0.338 e. The number of aromatic amines is 1. The van der Waals surface area contributed by atoms with Crippen LogP contribution < -0.4 is 9.47 Å². The quantitative estimate of drug-likeness (QED) is 0.780. The molecule has 1 heterocycles. The zero-order valence-corrected chi connectivity index (χ0v) is 12.0. The lowest BCUT2D eigenvalue weighted by Gasteiger charge is -2.10. The number of nitrogens with zero attached hydrogens (tertiary/aromatic N) is 2. The van der Waals surface area contributed by atoms with E-state index in [-0.39, 0.29) is 6.61 Å². The van der Waals surface area contributed by atoms with Crippen molar-refractivity contribution in [2.45, 2.75) is 13.3 Å². The molecule has 0 fully saturated rings. The SMILES string of the molecule is CCOc1ccc(C(=O)OCCc2cn[nH]n2)cc1OC. The number of carbonyl (C=O) groups excluding carboxylic acids is 1. The molecule has 7 nitrogen and oxygen atoms in total. The number of esters is 1. The highest BCUT2D eigenvalue weighted by Gasteiger charge is 2.12. The minimum atomic E-state index is -0.417. The molecule has 0 unspecified atom stereocenters. The van der Waals surface area contributed by atoms with Crippen LogP contribution in [0.5, 0.6) is 11.5 Å². The molecule has 0 aliphatic heterocycles. The molecule has 0 radical (unpaired) electrons. The monoisotopic (exact) mass is 291 g/mol. The van der Waals surface area contributed by atoms with Gasteiger partial charge in [-0.3, -0.25) is 0 Å². The highest BCUT2D eigenvalue weighted by molar-refractivity contribution is 5.90. The molecule has 1 aromatic heterocycles. The maximum atomic E-state index is 11.9. The lowest BCUT2D eigenvalue weighted by Crippen LogP contribution is -2.09. The van der Waals surface area contributed by atoms with Crippen molar-refractivity contribution in [3.05, 3.63) is 35.7 Å². The summed E-state index contributed by atoms with van der Waals surface area (Å²) in [4.78, 5) is 11.9. The van der Waals surface area contributed by atoms with Crippen molar-refractivity contribution in [3.8, 4) is 11.5 Å². The number of hydrogen-bond donors (Lipinski definition) is 1. The predicted octanol–water partition coefficient (Wildman–Crippen LogP) is 1.61. The number of benzene rings is 1. The second-order valence-electron chi connectivity index (χ2n) is 4.15. The molecule has 112 valence electrons. The molecular weight excluding hydrogens is 274 g/mol. The number of nitrogens with one attached hydrogen (secondary N) is 1. The summed E-state index contributed by atoms with van der Waals surface area (Å²) < 4.78 is 15.8. The van der Waals surface area contributed by atoms with Gasteiger partial charge in [-0.05, 0) is 25.1 Å². The molecule has 2 rings (SSSR count). The summed E-state index contributed by atoms with van der Waals surface area (Å²) in [7, 11) is 1.53. The van der Waals surface area contributed by atoms with E-state index in [4.69, 9.17) is 14.2 Å². The molecular formula is C14H17N3O4. The topological polar surface area (TPSA) is 86.3 Å². The number of methoxy groups -OCH3 is 1. The van der Waals surface area contributed by atoms with Crippen molar-refractivity contribution in [2.24, 2.45) is 0 Å². The molecule has 21 heavy (non-hydrogen) atoms. The summed E-state index contributed by atoms with van der Waals surface area (Å²) >= 11 is 0. The van der Waals surface area contributed by atoms with Crippen molar-refractivity contribution < 1.29 is 19.0 Å². The first-order valence-electron chi connectivity index (χ1n) is 6.57. The van der Waals surface area contributed by atoms with Gasteiger partial charge in [-0.1, -0.05) is 0 Å². The highest BCUT2D eigenvalue weighted by atomic mass is 16.5. The van der Waals surface area contributed by atoms with Gasteiger partial charge >= 0.3 is 5.97 Å². The van der Waals surface area contributed by atoms with Gasteiger partial charge in [0, 0.05) is 6.42 Å². The maximum absolute atomic E-state index is 11.9.